The van der Waals surface area contributed by atoms with Gasteiger partial charge in [-0.15, -0.1) is 11.8 Å². The van der Waals surface area contributed by atoms with Gasteiger partial charge in [0.05, 0.1) is 10.6 Å². The molecule has 2 N–H and O–H groups in total. The SMILES string of the molecule is O=C(CSc1c(-c2ccccc2)c2cc(Cl)ccc2[nH]c1=O)NCc1ccccc1. The van der Waals surface area contributed by atoms with Gasteiger partial charge in [0.15, 0.2) is 0 Å². The molecule has 0 aliphatic rings. The number of halogens is 1. The number of pyridine rings is 1. The molecule has 0 fully saturated rings. The second-order valence-electron chi connectivity index (χ2n) is 6.77. The van der Waals surface area contributed by atoms with Crippen molar-refractivity contribution in [2.24, 2.45) is 0 Å². The van der Waals surface area contributed by atoms with Crippen LogP contribution in [0.4, 0.5) is 0 Å². The number of amides is 1. The van der Waals surface area contributed by atoms with Crippen molar-refractivity contribution in [2.75, 3.05) is 5.75 Å². The lowest BCUT2D eigenvalue weighted by Gasteiger charge is -2.13. The van der Waals surface area contributed by atoms with Crippen molar-refractivity contribution in [3.8, 4) is 11.1 Å². The van der Waals surface area contributed by atoms with Crippen LogP contribution in [0.15, 0.2) is 88.6 Å². The van der Waals surface area contributed by atoms with Crippen LogP contribution in [0.5, 0.6) is 0 Å². The minimum atomic E-state index is -0.218. The van der Waals surface area contributed by atoms with Gasteiger partial charge < -0.3 is 10.3 Å². The summed E-state index contributed by atoms with van der Waals surface area (Å²) in [5, 5.41) is 4.34. The number of nitrogens with one attached hydrogen (secondary N) is 2. The largest absolute Gasteiger partial charge is 0.351 e. The first-order valence-corrected chi connectivity index (χ1v) is 10.8. The summed E-state index contributed by atoms with van der Waals surface area (Å²) in [6.45, 7) is 0.454. The zero-order valence-corrected chi connectivity index (χ0v) is 17.6. The summed E-state index contributed by atoms with van der Waals surface area (Å²) >= 11 is 7.47. The van der Waals surface area contributed by atoms with Crippen LogP contribution in [0.1, 0.15) is 5.56 Å². The molecular weight excluding hydrogens is 416 g/mol. The minimum Gasteiger partial charge on any atom is -0.351 e. The number of thioether (sulfide) groups is 1. The van der Waals surface area contributed by atoms with Gasteiger partial charge in [0.25, 0.3) is 5.56 Å². The number of benzene rings is 3. The third-order valence-electron chi connectivity index (χ3n) is 4.68. The number of fused-ring (bicyclic) bond motifs is 1. The maximum Gasteiger partial charge on any atom is 0.262 e. The molecule has 0 aliphatic carbocycles. The number of hydrogen-bond donors (Lipinski definition) is 2. The van der Waals surface area contributed by atoms with Crippen LogP contribution in [0.3, 0.4) is 0 Å². The lowest BCUT2D eigenvalue weighted by atomic mass is 10.0. The highest BCUT2D eigenvalue weighted by Crippen LogP contribution is 2.35. The summed E-state index contributed by atoms with van der Waals surface area (Å²) in [6, 6.07) is 24.8. The molecule has 0 atom stereocenters. The molecule has 1 heterocycles. The van der Waals surface area contributed by atoms with Gasteiger partial charge in [-0.3, -0.25) is 9.59 Å². The summed E-state index contributed by atoms with van der Waals surface area (Å²) in [4.78, 5) is 28.7. The van der Waals surface area contributed by atoms with E-state index in [1.165, 1.54) is 11.8 Å². The van der Waals surface area contributed by atoms with Crippen LogP contribution in [-0.2, 0) is 11.3 Å². The molecule has 0 aliphatic heterocycles. The van der Waals surface area contributed by atoms with Crippen molar-refractivity contribution < 1.29 is 4.79 Å². The molecule has 0 bridgehead atoms. The molecule has 1 amide bonds. The maximum atomic E-state index is 12.9. The predicted molar refractivity (Wildman–Crippen MR) is 124 cm³/mol. The first-order chi connectivity index (χ1) is 14.6. The summed E-state index contributed by atoms with van der Waals surface area (Å²) in [5.41, 5.74) is 3.21. The Morgan fingerprint density at radius 2 is 1.67 bits per heavy atom. The number of aromatic nitrogens is 1. The van der Waals surface area contributed by atoms with E-state index in [2.05, 4.69) is 10.3 Å². The Balaban J connectivity index is 1.64. The van der Waals surface area contributed by atoms with E-state index in [1.807, 2.05) is 66.7 Å². The van der Waals surface area contributed by atoms with Gasteiger partial charge in [-0.1, -0.05) is 72.3 Å². The molecule has 6 heteroatoms. The molecular formula is C24H19ClN2O2S. The fourth-order valence-corrected chi connectivity index (χ4v) is 4.37. The summed E-state index contributed by atoms with van der Waals surface area (Å²) in [5.74, 6) is 0.00963. The Morgan fingerprint density at radius 1 is 0.967 bits per heavy atom. The van der Waals surface area contributed by atoms with E-state index < -0.39 is 0 Å². The van der Waals surface area contributed by atoms with Gasteiger partial charge in [0, 0.05) is 28.0 Å². The standard InChI is InChI=1S/C24H19ClN2O2S/c25-18-11-12-20-19(13-18)22(17-9-5-2-6-10-17)23(24(29)27-20)30-15-21(28)26-14-16-7-3-1-4-8-16/h1-13H,14-15H2,(H,26,28)(H,27,29). The monoisotopic (exact) mass is 434 g/mol. The van der Waals surface area contributed by atoms with Gasteiger partial charge in [0.2, 0.25) is 5.91 Å². The van der Waals surface area contributed by atoms with E-state index in [9.17, 15) is 9.59 Å². The second kappa shape index (κ2) is 9.20. The molecule has 150 valence electrons. The quantitative estimate of drug-likeness (QED) is 0.407. The van der Waals surface area contributed by atoms with Gasteiger partial charge >= 0.3 is 0 Å². The van der Waals surface area contributed by atoms with Crippen LogP contribution in [0, 0.1) is 0 Å². The molecule has 0 saturated carbocycles. The lowest BCUT2D eigenvalue weighted by molar-refractivity contribution is -0.118. The van der Waals surface area contributed by atoms with Crippen LogP contribution >= 0.6 is 23.4 Å². The molecule has 30 heavy (non-hydrogen) atoms. The molecule has 0 saturated heterocycles. The van der Waals surface area contributed by atoms with Crippen molar-refractivity contribution in [1.82, 2.24) is 10.3 Å². The van der Waals surface area contributed by atoms with E-state index in [1.54, 1.807) is 12.1 Å². The van der Waals surface area contributed by atoms with E-state index in [4.69, 9.17) is 11.6 Å². The van der Waals surface area contributed by atoms with Gasteiger partial charge in [-0.2, -0.15) is 0 Å². The fourth-order valence-electron chi connectivity index (χ4n) is 3.26. The summed E-state index contributed by atoms with van der Waals surface area (Å²) in [7, 11) is 0. The highest BCUT2D eigenvalue weighted by molar-refractivity contribution is 8.00. The van der Waals surface area contributed by atoms with Crippen molar-refractivity contribution in [3.63, 3.8) is 0 Å². The third-order valence-corrected chi connectivity index (χ3v) is 5.99. The first-order valence-electron chi connectivity index (χ1n) is 9.46. The third kappa shape index (κ3) is 4.58. The number of carbonyl (C=O) groups is 1. The zero-order chi connectivity index (χ0) is 20.9. The van der Waals surface area contributed by atoms with Crippen LogP contribution in [-0.4, -0.2) is 16.6 Å². The minimum absolute atomic E-state index is 0.131. The molecule has 3 aromatic carbocycles. The van der Waals surface area contributed by atoms with Gasteiger partial charge in [-0.25, -0.2) is 0 Å². The maximum absolute atomic E-state index is 12.9. The average Bonchev–Trinajstić information content (AvgIpc) is 2.77. The highest BCUT2D eigenvalue weighted by atomic mass is 35.5. The van der Waals surface area contributed by atoms with Crippen molar-refractivity contribution in [2.45, 2.75) is 11.4 Å². The summed E-state index contributed by atoms with van der Waals surface area (Å²) in [6.07, 6.45) is 0. The zero-order valence-electron chi connectivity index (χ0n) is 16.0. The smallest absolute Gasteiger partial charge is 0.262 e. The first kappa shape index (κ1) is 20.3. The topological polar surface area (TPSA) is 62.0 Å². The van der Waals surface area contributed by atoms with Gasteiger partial charge in [-0.05, 0) is 29.3 Å². The Morgan fingerprint density at radius 3 is 2.40 bits per heavy atom. The molecule has 4 nitrogen and oxygen atoms in total. The number of H-pyrrole nitrogens is 1. The van der Waals surface area contributed by atoms with E-state index in [0.29, 0.717) is 22.0 Å². The Bertz CT molecular complexity index is 1240. The van der Waals surface area contributed by atoms with Crippen LogP contribution in [0.2, 0.25) is 5.02 Å². The van der Waals surface area contributed by atoms with E-state index in [-0.39, 0.29) is 17.2 Å². The van der Waals surface area contributed by atoms with Crippen molar-refractivity contribution >= 4 is 40.2 Å². The molecule has 0 spiro atoms. The molecule has 0 unspecified atom stereocenters. The number of rotatable bonds is 6. The van der Waals surface area contributed by atoms with E-state index in [0.717, 1.165) is 22.1 Å². The number of hydrogen-bond acceptors (Lipinski definition) is 3. The summed E-state index contributed by atoms with van der Waals surface area (Å²) < 4.78 is 0. The van der Waals surface area contributed by atoms with Gasteiger partial charge in [0.1, 0.15) is 0 Å². The normalized spacial score (nSPS) is 10.8. The number of carbonyl (C=O) groups excluding carboxylic acids is 1. The second-order valence-corrected chi connectivity index (χ2v) is 8.19. The molecule has 0 radical (unpaired) electrons. The van der Waals surface area contributed by atoms with Crippen molar-refractivity contribution in [3.05, 3.63) is 99.8 Å². The Kier molecular flexibility index (Phi) is 6.21. The Labute approximate surface area is 183 Å². The Hall–Kier alpha value is -3.02. The van der Waals surface area contributed by atoms with Crippen LogP contribution in [0.25, 0.3) is 22.0 Å². The van der Waals surface area contributed by atoms with E-state index >= 15 is 0 Å². The highest BCUT2D eigenvalue weighted by Gasteiger charge is 2.16. The lowest BCUT2D eigenvalue weighted by Crippen LogP contribution is -2.25. The molecule has 1 aromatic heterocycles. The fraction of sp³-hybridized carbons (Fsp3) is 0.0833. The van der Waals surface area contributed by atoms with Crippen LogP contribution < -0.4 is 10.9 Å². The number of aromatic amines is 1. The molecule has 4 aromatic rings. The van der Waals surface area contributed by atoms with Crippen molar-refractivity contribution in [1.29, 1.82) is 0 Å². The predicted octanol–water partition coefficient (Wildman–Crippen LogP) is 5.26. The average molecular weight is 435 g/mol. The molecule has 4 rings (SSSR count).